The summed E-state index contributed by atoms with van der Waals surface area (Å²) in [6, 6.07) is 12.1. The Balaban J connectivity index is 2.02. The van der Waals surface area contributed by atoms with E-state index >= 15 is 0 Å². The number of hydrogen-bond acceptors (Lipinski definition) is 1. The Bertz CT molecular complexity index is 708. The molecule has 1 aliphatic rings. The molecule has 0 saturated heterocycles. The molecule has 1 heterocycles. The van der Waals surface area contributed by atoms with Gasteiger partial charge in [-0.15, -0.1) is 0 Å². The summed E-state index contributed by atoms with van der Waals surface area (Å²) in [6.45, 7) is 4.90. The number of aryl methyl sites for hydroxylation is 3. The lowest BCUT2D eigenvalue weighted by molar-refractivity contribution is 0.0985. The average molecular weight is 344 g/mol. The van der Waals surface area contributed by atoms with E-state index in [2.05, 4.69) is 41.1 Å². The second-order valence-corrected chi connectivity index (χ2v) is 6.46. The highest BCUT2D eigenvalue weighted by Crippen LogP contribution is 2.32. The highest BCUT2D eigenvalue weighted by molar-refractivity contribution is 9.10. The van der Waals surface area contributed by atoms with Gasteiger partial charge in [0.1, 0.15) is 0 Å². The minimum atomic E-state index is 0.0888. The number of anilines is 1. The zero-order chi connectivity index (χ0) is 15.0. The van der Waals surface area contributed by atoms with Crippen molar-refractivity contribution in [3.05, 3.63) is 63.1 Å². The van der Waals surface area contributed by atoms with Crippen molar-refractivity contribution in [1.82, 2.24) is 0 Å². The maximum atomic E-state index is 12.9. The zero-order valence-electron chi connectivity index (χ0n) is 12.3. The van der Waals surface area contributed by atoms with Crippen molar-refractivity contribution in [3.8, 4) is 0 Å². The highest BCUT2D eigenvalue weighted by Gasteiger charge is 2.25. The van der Waals surface area contributed by atoms with E-state index < -0.39 is 0 Å². The SMILES string of the molecule is Cc1ccc(C(=O)N2CCCc3cccc(C)c32)cc1Br. The van der Waals surface area contributed by atoms with Crippen molar-refractivity contribution in [2.45, 2.75) is 26.7 Å². The van der Waals surface area contributed by atoms with Gasteiger partial charge in [0.05, 0.1) is 5.69 Å². The van der Waals surface area contributed by atoms with E-state index in [-0.39, 0.29) is 5.91 Å². The van der Waals surface area contributed by atoms with Gasteiger partial charge in [0.25, 0.3) is 5.91 Å². The van der Waals surface area contributed by atoms with Gasteiger partial charge >= 0.3 is 0 Å². The molecular formula is C18H18BrNO. The number of amides is 1. The second kappa shape index (κ2) is 5.64. The maximum absolute atomic E-state index is 12.9. The lowest BCUT2D eigenvalue weighted by Crippen LogP contribution is -2.36. The van der Waals surface area contributed by atoms with E-state index in [9.17, 15) is 4.79 Å². The molecule has 0 saturated carbocycles. The first-order chi connectivity index (χ1) is 10.1. The Morgan fingerprint density at radius 3 is 2.71 bits per heavy atom. The van der Waals surface area contributed by atoms with Gasteiger partial charge in [-0.05, 0) is 55.5 Å². The lowest BCUT2D eigenvalue weighted by Gasteiger charge is -2.31. The van der Waals surface area contributed by atoms with Crippen LogP contribution in [-0.2, 0) is 6.42 Å². The molecule has 3 rings (SSSR count). The molecule has 0 bridgehead atoms. The monoisotopic (exact) mass is 343 g/mol. The summed E-state index contributed by atoms with van der Waals surface area (Å²) in [4.78, 5) is 14.8. The van der Waals surface area contributed by atoms with Crippen LogP contribution in [0.5, 0.6) is 0 Å². The number of halogens is 1. The van der Waals surface area contributed by atoms with Gasteiger partial charge in [0.15, 0.2) is 0 Å². The first kappa shape index (κ1) is 14.3. The van der Waals surface area contributed by atoms with Gasteiger partial charge in [0.2, 0.25) is 0 Å². The zero-order valence-corrected chi connectivity index (χ0v) is 13.9. The second-order valence-electron chi connectivity index (χ2n) is 5.61. The van der Waals surface area contributed by atoms with Crippen LogP contribution in [0, 0.1) is 13.8 Å². The molecule has 2 aromatic carbocycles. The fourth-order valence-corrected chi connectivity index (χ4v) is 3.31. The standard InChI is InChI=1S/C18H18BrNO/c1-12-8-9-15(11-16(12)19)18(21)20-10-4-7-14-6-3-5-13(2)17(14)20/h3,5-6,8-9,11H,4,7,10H2,1-2H3. The van der Waals surface area contributed by atoms with Crippen LogP contribution in [0.2, 0.25) is 0 Å². The molecule has 21 heavy (non-hydrogen) atoms. The van der Waals surface area contributed by atoms with Crippen LogP contribution in [0.15, 0.2) is 40.9 Å². The Hall–Kier alpha value is -1.61. The summed E-state index contributed by atoms with van der Waals surface area (Å²) < 4.78 is 0.982. The third-order valence-corrected chi connectivity index (χ3v) is 4.94. The van der Waals surface area contributed by atoms with Gasteiger partial charge in [-0.1, -0.05) is 40.2 Å². The average Bonchev–Trinajstić information content (AvgIpc) is 2.49. The van der Waals surface area contributed by atoms with Crippen molar-refractivity contribution in [3.63, 3.8) is 0 Å². The Morgan fingerprint density at radius 2 is 1.95 bits per heavy atom. The van der Waals surface area contributed by atoms with Gasteiger partial charge < -0.3 is 4.90 Å². The summed E-state index contributed by atoms with van der Waals surface area (Å²) in [6.07, 6.45) is 2.08. The predicted octanol–water partition coefficient (Wildman–Crippen LogP) is 4.66. The molecule has 108 valence electrons. The molecule has 0 unspecified atom stereocenters. The summed E-state index contributed by atoms with van der Waals surface area (Å²) in [5.41, 5.74) is 5.43. The van der Waals surface area contributed by atoms with E-state index in [1.807, 2.05) is 30.0 Å². The van der Waals surface area contributed by atoms with Crippen molar-refractivity contribution in [1.29, 1.82) is 0 Å². The summed E-state index contributed by atoms with van der Waals surface area (Å²) in [7, 11) is 0. The molecule has 0 N–H and O–H groups in total. The molecule has 2 nitrogen and oxygen atoms in total. The van der Waals surface area contributed by atoms with Crippen molar-refractivity contribution >= 4 is 27.5 Å². The van der Waals surface area contributed by atoms with E-state index in [0.717, 1.165) is 40.7 Å². The smallest absolute Gasteiger partial charge is 0.258 e. The van der Waals surface area contributed by atoms with Crippen molar-refractivity contribution in [2.24, 2.45) is 0 Å². The molecule has 0 spiro atoms. The number of rotatable bonds is 1. The molecule has 1 aliphatic heterocycles. The molecule has 3 heteroatoms. The molecule has 0 aliphatic carbocycles. The predicted molar refractivity (Wildman–Crippen MR) is 90.1 cm³/mol. The van der Waals surface area contributed by atoms with Crippen molar-refractivity contribution < 1.29 is 4.79 Å². The van der Waals surface area contributed by atoms with E-state index in [1.54, 1.807) is 0 Å². The first-order valence-electron chi connectivity index (χ1n) is 7.24. The fourth-order valence-electron chi connectivity index (χ4n) is 2.93. The van der Waals surface area contributed by atoms with Crippen molar-refractivity contribution in [2.75, 3.05) is 11.4 Å². The highest BCUT2D eigenvalue weighted by atomic mass is 79.9. The third-order valence-electron chi connectivity index (χ3n) is 4.08. The minimum Gasteiger partial charge on any atom is -0.308 e. The summed E-state index contributed by atoms with van der Waals surface area (Å²) in [5, 5.41) is 0. The molecule has 1 amide bonds. The molecule has 0 fully saturated rings. The van der Waals surface area contributed by atoms with Crippen LogP contribution in [-0.4, -0.2) is 12.5 Å². The normalized spacial score (nSPS) is 14.0. The van der Waals surface area contributed by atoms with Crippen LogP contribution >= 0.6 is 15.9 Å². The summed E-state index contributed by atoms with van der Waals surface area (Å²) >= 11 is 3.51. The number of para-hydroxylation sites is 1. The Labute approximate surface area is 133 Å². The minimum absolute atomic E-state index is 0.0888. The van der Waals surface area contributed by atoms with Crippen LogP contribution < -0.4 is 4.90 Å². The molecule has 0 atom stereocenters. The molecule has 0 radical (unpaired) electrons. The molecule has 0 aromatic heterocycles. The quantitative estimate of drug-likeness (QED) is 0.737. The van der Waals surface area contributed by atoms with Gasteiger partial charge in [0, 0.05) is 16.6 Å². The lowest BCUT2D eigenvalue weighted by atomic mass is 9.97. The fraction of sp³-hybridized carbons (Fsp3) is 0.278. The third kappa shape index (κ3) is 2.62. The molecule has 2 aromatic rings. The summed E-state index contributed by atoms with van der Waals surface area (Å²) in [5.74, 6) is 0.0888. The van der Waals surface area contributed by atoms with Crippen LogP contribution in [0.1, 0.15) is 33.5 Å². The van der Waals surface area contributed by atoms with E-state index in [0.29, 0.717) is 0 Å². The number of carbonyl (C=O) groups is 1. The van der Waals surface area contributed by atoms with Gasteiger partial charge in [-0.25, -0.2) is 0 Å². The Morgan fingerprint density at radius 1 is 1.14 bits per heavy atom. The van der Waals surface area contributed by atoms with Crippen LogP contribution in [0.25, 0.3) is 0 Å². The van der Waals surface area contributed by atoms with Gasteiger partial charge in [-0.3, -0.25) is 4.79 Å². The molecular weight excluding hydrogens is 326 g/mol. The number of nitrogens with zero attached hydrogens (tertiary/aromatic N) is 1. The Kier molecular flexibility index (Phi) is 3.85. The topological polar surface area (TPSA) is 20.3 Å². The number of benzene rings is 2. The largest absolute Gasteiger partial charge is 0.308 e. The van der Waals surface area contributed by atoms with E-state index in [4.69, 9.17) is 0 Å². The number of carbonyl (C=O) groups excluding carboxylic acids is 1. The van der Waals surface area contributed by atoms with E-state index in [1.165, 1.54) is 11.1 Å². The van der Waals surface area contributed by atoms with Crippen LogP contribution in [0.3, 0.4) is 0 Å². The number of fused-ring (bicyclic) bond motifs is 1. The number of hydrogen-bond donors (Lipinski definition) is 0. The van der Waals surface area contributed by atoms with Gasteiger partial charge in [-0.2, -0.15) is 0 Å². The first-order valence-corrected chi connectivity index (χ1v) is 8.04. The maximum Gasteiger partial charge on any atom is 0.258 e. The van der Waals surface area contributed by atoms with Crippen LogP contribution in [0.4, 0.5) is 5.69 Å².